The van der Waals surface area contributed by atoms with Crippen LogP contribution in [0.25, 0.3) is 0 Å². The first kappa shape index (κ1) is 13.8. The molecule has 6 heteroatoms. The molecule has 2 rings (SSSR count). The fourth-order valence-corrected chi connectivity index (χ4v) is 1.84. The Kier molecular flexibility index (Phi) is 4.76. The van der Waals surface area contributed by atoms with Crippen molar-refractivity contribution >= 4 is 39.3 Å². The van der Waals surface area contributed by atoms with Crippen molar-refractivity contribution in [2.24, 2.45) is 0 Å². The van der Waals surface area contributed by atoms with Gasteiger partial charge < -0.3 is 10.1 Å². The van der Waals surface area contributed by atoms with Crippen molar-refractivity contribution in [3.8, 4) is 5.75 Å². The molecular weight excluding hydrogens is 332 g/mol. The largest absolute Gasteiger partial charge is 0.483 e. The van der Waals surface area contributed by atoms with E-state index in [1.54, 1.807) is 18.2 Å². The number of nitrogens with one attached hydrogen (secondary N) is 1. The summed E-state index contributed by atoms with van der Waals surface area (Å²) in [4.78, 5) is 15.6. The van der Waals surface area contributed by atoms with Gasteiger partial charge in [0.1, 0.15) is 11.6 Å². The van der Waals surface area contributed by atoms with E-state index >= 15 is 0 Å². The smallest absolute Gasteiger partial charge is 0.263 e. The Labute approximate surface area is 123 Å². The minimum atomic E-state index is -0.287. The van der Waals surface area contributed by atoms with Crippen LogP contribution < -0.4 is 10.1 Å². The van der Waals surface area contributed by atoms with Crippen molar-refractivity contribution in [1.29, 1.82) is 0 Å². The molecule has 1 aromatic heterocycles. The molecule has 0 atom stereocenters. The number of hydrogen-bond acceptors (Lipinski definition) is 3. The number of carbonyl (C=O) groups is 1. The number of pyridine rings is 1. The second-order valence-corrected chi connectivity index (χ2v) is 4.92. The van der Waals surface area contributed by atoms with Crippen LogP contribution in [0.4, 0.5) is 5.82 Å². The summed E-state index contributed by atoms with van der Waals surface area (Å²) in [6.07, 6.45) is 1.46. The SMILES string of the molecule is O=C(COc1ccccc1Br)Nc1ccc(Cl)cn1. The van der Waals surface area contributed by atoms with Gasteiger partial charge in [-0.2, -0.15) is 0 Å². The van der Waals surface area contributed by atoms with Crippen LogP contribution in [-0.2, 0) is 4.79 Å². The number of ether oxygens (including phenoxy) is 1. The van der Waals surface area contributed by atoms with Crippen molar-refractivity contribution in [3.63, 3.8) is 0 Å². The number of benzene rings is 1. The fourth-order valence-electron chi connectivity index (χ4n) is 1.33. The van der Waals surface area contributed by atoms with Crippen LogP contribution in [0.5, 0.6) is 5.75 Å². The highest BCUT2D eigenvalue weighted by Crippen LogP contribution is 2.23. The quantitative estimate of drug-likeness (QED) is 0.926. The molecule has 0 aliphatic carbocycles. The van der Waals surface area contributed by atoms with Crippen LogP contribution in [0, 0.1) is 0 Å². The Hall–Kier alpha value is -1.59. The highest BCUT2D eigenvalue weighted by molar-refractivity contribution is 9.10. The minimum absolute atomic E-state index is 0.0904. The minimum Gasteiger partial charge on any atom is -0.483 e. The van der Waals surface area contributed by atoms with E-state index in [2.05, 4.69) is 26.2 Å². The maximum absolute atomic E-state index is 11.7. The predicted octanol–water partition coefficient (Wildman–Crippen LogP) is 3.52. The summed E-state index contributed by atoms with van der Waals surface area (Å²) in [7, 11) is 0. The number of halogens is 2. The van der Waals surface area contributed by atoms with E-state index in [1.807, 2.05) is 18.2 Å². The lowest BCUT2D eigenvalue weighted by atomic mass is 10.3. The lowest BCUT2D eigenvalue weighted by molar-refractivity contribution is -0.118. The first-order valence-corrected chi connectivity index (χ1v) is 6.61. The van der Waals surface area contributed by atoms with Gasteiger partial charge in [0.15, 0.2) is 6.61 Å². The number of amides is 1. The monoisotopic (exact) mass is 340 g/mol. The summed E-state index contributed by atoms with van der Waals surface area (Å²) < 4.78 is 6.18. The van der Waals surface area contributed by atoms with Crippen LogP contribution in [0.3, 0.4) is 0 Å². The average molecular weight is 342 g/mol. The first-order chi connectivity index (χ1) is 9.15. The van der Waals surface area contributed by atoms with Crippen molar-refractivity contribution in [3.05, 3.63) is 52.1 Å². The van der Waals surface area contributed by atoms with E-state index in [-0.39, 0.29) is 12.5 Å². The van der Waals surface area contributed by atoms with E-state index in [1.165, 1.54) is 6.20 Å². The van der Waals surface area contributed by atoms with E-state index in [0.717, 1.165) is 4.47 Å². The van der Waals surface area contributed by atoms with Crippen molar-refractivity contribution in [2.45, 2.75) is 0 Å². The van der Waals surface area contributed by atoms with Gasteiger partial charge >= 0.3 is 0 Å². The number of rotatable bonds is 4. The summed E-state index contributed by atoms with van der Waals surface area (Å²) in [6, 6.07) is 10.6. The molecule has 1 N–H and O–H groups in total. The lowest BCUT2D eigenvalue weighted by Crippen LogP contribution is -2.20. The van der Waals surface area contributed by atoms with Gasteiger partial charge in [-0.05, 0) is 40.2 Å². The van der Waals surface area contributed by atoms with Gasteiger partial charge in [0.05, 0.1) is 9.50 Å². The molecule has 1 aromatic carbocycles. The van der Waals surface area contributed by atoms with Crippen LogP contribution in [-0.4, -0.2) is 17.5 Å². The molecule has 0 fully saturated rings. The van der Waals surface area contributed by atoms with Gasteiger partial charge in [0.25, 0.3) is 5.91 Å². The molecule has 0 aliphatic rings. The third-order valence-corrected chi connectivity index (χ3v) is 3.07. The van der Waals surface area contributed by atoms with Crippen LogP contribution >= 0.6 is 27.5 Å². The Morgan fingerprint density at radius 3 is 2.79 bits per heavy atom. The van der Waals surface area contributed by atoms with E-state index in [4.69, 9.17) is 16.3 Å². The molecule has 1 amide bonds. The van der Waals surface area contributed by atoms with E-state index < -0.39 is 0 Å². The maximum atomic E-state index is 11.7. The molecule has 98 valence electrons. The maximum Gasteiger partial charge on any atom is 0.263 e. The number of hydrogen-bond donors (Lipinski definition) is 1. The Balaban J connectivity index is 1.88. The molecule has 19 heavy (non-hydrogen) atoms. The zero-order valence-corrected chi connectivity index (χ0v) is 12.1. The summed E-state index contributed by atoms with van der Waals surface area (Å²) in [5.74, 6) is 0.761. The lowest BCUT2D eigenvalue weighted by Gasteiger charge is -2.08. The second kappa shape index (κ2) is 6.54. The number of nitrogens with zero attached hydrogens (tertiary/aromatic N) is 1. The van der Waals surface area contributed by atoms with Gasteiger partial charge in [-0.3, -0.25) is 4.79 Å². The van der Waals surface area contributed by atoms with Gasteiger partial charge in [0.2, 0.25) is 0 Å². The summed E-state index contributed by atoms with van der Waals surface area (Å²) in [5, 5.41) is 3.13. The molecule has 0 radical (unpaired) electrons. The third kappa shape index (κ3) is 4.22. The number of carbonyl (C=O) groups excluding carboxylic acids is 1. The molecule has 4 nitrogen and oxygen atoms in total. The zero-order chi connectivity index (χ0) is 13.7. The average Bonchev–Trinajstić information content (AvgIpc) is 2.40. The third-order valence-electron chi connectivity index (χ3n) is 2.19. The second-order valence-electron chi connectivity index (χ2n) is 3.63. The number of anilines is 1. The van der Waals surface area contributed by atoms with Crippen LogP contribution in [0.2, 0.25) is 5.02 Å². The van der Waals surface area contributed by atoms with Gasteiger partial charge in [-0.25, -0.2) is 4.98 Å². The van der Waals surface area contributed by atoms with Crippen molar-refractivity contribution in [1.82, 2.24) is 4.98 Å². The topological polar surface area (TPSA) is 51.2 Å². The van der Waals surface area contributed by atoms with Crippen LogP contribution in [0.15, 0.2) is 47.1 Å². The fraction of sp³-hybridized carbons (Fsp3) is 0.0769. The van der Waals surface area contributed by atoms with Crippen LogP contribution in [0.1, 0.15) is 0 Å². The van der Waals surface area contributed by atoms with Gasteiger partial charge in [-0.15, -0.1) is 0 Å². The predicted molar refractivity (Wildman–Crippen MR) is 77.5 cm³/mol. The van der Waals surface area contributed by atoms with Crippen molar-refractivity contribution in [2.75, 3.05) is 11.9 Å². The normalized spacial score (nSPS) is 10.0. The van der Waals surface area contributed by atoms with Gasteiger partial charge in [0, 0.05) is 6.20 Å². The Morgan fingerprint density at radius 1 is 1.32 bits per heavy atom. The van der Waals surface area contributed by atoms with Gasteiger partial charge in [-0.1, -0.05) is 23.7 Å². The van der Waals surface area contributed by atoms with Crippen molar-refractivity contribution < 1.29 is 9.53 Å². The molecule has 0 aliphatic heterocycles. The summed E-state index contributed by atoms with van der Waals surface area (Å²) in [5.41, 5.74) is 0. The molecule has 0 saturated carbocycles. The zero-order valence-electron chi connectivity index (χ0n) is 9.77. The molecule has 2 aromatic rings. The summed E-state index contributed by atoms with van der Waals surface area (Å²) >= 11 is 9.04. The Bertz CT molecular complexity index is 575. The molecular formula is C13H10BrClN2O2. The molecule has 0 bridgehead atoms. The first-order valence-electron chi connectivity index (χ1n) is 5.44. The Morgan fingerprint density at radius 2 is 2.11 bits per heavy atom. The number of para-hydroxylation sites is 1. The number of aromatic nitrogens is 1. The molecule has 0 saturated heterocycles. The highest BCUT2D eigenvalue weighted by atomic mass is 79.9. The standard InChI is InChI=1S/C13H10BrClN2O2/c14-10-3-1-2-4-11(10)19-8-13(18)17-12-6-5-9(15)7-16-12/h1-7H,8H2,(H,16,17,18). The van der Waals surface area contributed by atoms with E-state index in [9.17, 15) is 4.79 Å². The molecule has 0 spiro atoms. The summed E-state index contributed by atoms with van der Waals surface area (Å²) in [6.45, 7) is -0.0904. The molecule has 0 unspecified atom stereocenters. The highest BCUT2D eigenvalue weighted by Gasteiger charge is 2.06. The van der Waals surface area contributed by atoms with E-state index in [0.29, 0.717) is 16.6 Å². The molecule has 1 heterocycles.